The van der Waals surface area contributed by atoms with E-state index in [1.807, 2.05) is 0 Å². The minimum Gasteiger partial charge on any atom is -0.479 e. The number of rotatable bonds is 3. The predicted molar refractivity (Wildman–Crippen MR) is 69.4 cm³/mol. The fourth-order valence-corrected chi connectivity index (χ4v) is 1.57. The lowest BCUT2D eigenvalue weighted by molar-refractivity contribution is -0.143. The molecule has 1 atom stereocenters. The Bertz CT molecular complexity index is 466. The number of nitrogens with one attached hydrogen (secondary N) is 1. The average molecular weight is 270 g/mol. The molecule has 0 fully saturated rings. The SMILES string of the molecule is CC(C)(C)C(=O)N[C@@H](C(=O)O)c1ccccc1Cl. The zero-order chi connectivity index (χ0) is 13.9. The van der Waals surface area contributed by atoms with Crippen LogP contribution in [0.4, 0.5) is 0 Å². The van der Waals surface area contributed by atoms with Gasteiger partial charge in [-0.15, -0.1) is 0 Å². The van der Waals surface area contributed by atoms with Gasteiger partial charge in [0.25, 0.3) is 0 Å². The Kier molecular flexibility index (Phi) is 4.35. The second kappa shape index (κ2) is 5.40. The van der Waals surface area contributed by atoms with Crippen LogP contribution in [0.15, 0.2) is 24.3 Å². The van der Waals surface area contributed by atoms with Gasteiger partial charge in [-0.25, -0.2) is 4.79 Å². The van der Waals surface area contributed by atoms with E-state index < -0.39 is 17.4 Å². The molecular formula is C13H16ClNO3. The zero-order valence-electron chi connectivity index (χ0n) is 10.5. The molecular weight excluding hydrogens is 254 g/mol. The summed E-state index contributed by atoms with van der Waals surface area (Å²) in [4.78, 5) is 23.1. The maximum atomic E-state index is 11.8. The highest BCUT2D eigenvalue weighted by Crippen LogP contribution is 2.24. The summed E-state index contributed by atoms with van der Waals surface area (Å²) in [6.07, 6.45) is 0. The number of hydrogen-bond donors (Lipinski definition) is 2. The first kappa shape index (κ1) is 14.5. The van der Waals surface area contributed by atoms with Crippen LogP contribution in [0, 0.1) is 5.41 Å². The number of carbonyl (C=O) groups excluding carboxylic acids is 1. The second-order valence-electron chi connectivity index (χ2n) is 5.02. The number of halogens is 1. The minimum absolute atomic E-state index is 0.319. The lowest BCUT2D eigenvalue weighted by Gasteiger charge is -2.22. The van der Waals surface area contributed by atoms with E-state index in [9.17, 15) is 14.7 Å². The van der Waals surface area contributed by atoms with Crippen LogP contribution in [0.3, 0.4) is 0 Å². The Balaban J connectivity index is 3.03. The highest BCUT2D eigenvalue weighted by atomic mass is 35.5. The number of aliphatic carboxylic acids is 1. The molecule has 0 bridgehead atoms. The van der Waals surface area contributed by atoms with E-state index in [4.69, 9.17) is 11.6 Å². The van der Waals surface area contributed by atoms with Crippen molar-refractivity contribution in [1.29, 1.82) is 0 Å². The first-order chi connectivity index (χ1) is 8.23. The summed E-state index contributed by atoms with van der Waals surface area (Å²) in [5.41, 5.74) is -0.279. The van der Waals surface area contributed by atoms with Gasteiger partial charge in [-0.2, -0.15) is 0 Å². The number of carboxylic acids is 1. The molecule has 1 aromatic carbocycles. The number of hydrogen-bond acceptors (Lipinski definition) is 2. The molecule has 2 N–H and O–H groups in total. The van der Waals surface area contributed by atoms with E-state index >= 15 is 0 Å². The van der Waals surface area contributed by atoms with Gasteiger partial charge in [0.05, 0.1) is 0 Å². The summed E-state index contributed by atoms with van der Waals surface area (Å²) < 4.78 is 0. The fraction of sp³-hybridized carbons (Fsp3) is 0.385. The largest absolute Gasteiger partial charge is 0.479 e. The second-order valence-corrected chi connectivity index (χ2v) is 5.42. The molecule has 1 amide bonds. The Morgan fingerprint density at radius 3 is 2.28 bits per heavy atom. The first-order valence-electron chi connectivity index (χ1n) is 5.51. The van der Waals surface area contributed by atoms with Gasteiger partial charge >= 0.3 is 5.97 Å². The van der Waals surface area contributed by atoms with Crippen molar-refractivity contribution in [3.63, 3.8) is 0 Å². The standard InChI is InChI=1S/C13H16ClNO3/c1-13(2,3)12(18)15-10(11(16)17)8-6-4-5-7-9(8)14/h4-7,10H,1-3H3,(H,15,18)(H,16,17)/t10-/m1/s1. The third kappa shape index (κ3) is 3.47. The average Bonchev–Trinajstić information content (AvgIpc) is 2.25. The molecule has 4 nitrogen and oxygen atoms in total. The smallest absolute Gasteiger partial charge is 0.330 e. The van der Waals surface area contributed by atoms with Crippen LogP contribution in [-0.4, -0.2) is 17.0 Å². The van der Waals surface area contributed by atoms with Crippen LogP contribution in [-0.2, 0) is 9.59 Å². The lowest BCUT2D eigenvalue weighted by Crippen LogP contribution is -2.40. The Hall–Kier alpha value is -1.55. The highest BCUT2D eigenvalue weighted by Gasteiger charge is 2.29. The van der Waals surface area contributed by atoms with Crippen molar-refractivity contribution < 1.29 is 14.7 Å². The van der Waals surface area contributed by atoms with Crippen LogP contribution in [0.25, 0.3) is 0 Å². The summed E-state index contributed by atoms with van der Waals surface area (Å²) >= 11 is 5.95. The molecule has 18 heavy (non-hydrogen) atoms. The Morgan fingerprint density at radius 2 is 1.83 bits per heavy atom. The number of amides is 1. The van der Waals surface area contributed by atoms with Crippen LogP contribution in [0.5, 0.6) is 0 Å². The van der Waals surface area contributed by atoms with Crippen LogP contribution < -0.4 is 5.32 Å². The summed E-state index contributed by atoms with van der Waals surface area (Å²) in [6, 6.07) is 5.43. The van der Waals surface area contributed by atoms with Crippen molar-refractivity contribution >= 4 is 23.5 Å². The zero-order valence-corrected chi connectivity index (χ0v) is 11.3. The third-order valence-electron chi connectivity index (χ3n) is 2.42. The molecule has 0 heterocycles. The molecule has 5 heteroatoms. The quantitative estimate of drug-likeness (QED) is 0.886. The van der Waals surface area contributed by atoms with E-state index in [0.717, 1.165) is 0 Å². The first-order valence-corrected chi connectivity index (χ1v) is 5.89. The Morgan fingerprint density at radius 1 is 1.28 bits per heavy atom. The number of carboxylic acid groups (broad SMARTS) is 1. The Labute approximate surface area is 111 Å². The maximum Gasteiger partial charge on any atom is 0.330 e. The molecule has 0 unspecified atom stereocenters. The molecule has 0 aromatic heterocycles. The summed E-state index contributed by atoms with van der Waals surface area (Å²) in [6.45, 7) is 5.15. The van der Waals surface area contributed by atoms with E-state index in [1.54, 1.807) is 45.0 Å². The van der Waals surface area contributed by atoms with Crippen LogP contribution in [0.1, 0.15) is 32.4 Å². The van der Waals surface area contributed by atoms with E-state index in [-0.39, 0.29) is 5.91 Å². The summed E-state index contributed by atoms with van der Waals surface area (Å²) in [5.74, 6) is -1.48. The van der Waals surface area contributed by atoms with Crippen molar-refractivity contribution in [3.05, 3.63) is 34.9 Å². The van der Waals surface area contributed by atoms with Gasteiger partial charge in [-0.1, -0.05) is 50.6 Å². The lowest BCUT2D eigenvalue weighted by atomic mass is 9.94. The number of benzene rings is 1. The molecule has 1 aromatic rings. The molecule has 98 valence electrons. The van der Waals surface area contributed by atoms with Crippen molar-refractivity contribution in [2.24, 2.45) is 5.41 Å². The van der Waals surface area contributed by atoms with Crippen molar-refractivity contribution in [2.45, 2.75) is 26.8 Å². The van der Waals surface area contributed by atoms with E-state index in [1.165, 1.54) is 0 Å². The van der Waals surface area contributed by atoms with Crippen LogP contribution in [0.2, 0.25) is 5.02 Å². The van der Waals surface area contributed by atoms with Gasteiger partial charge in [0.1, 0.15) is 0 Å². The molecule has 1 rings (SSSR count). The predicted octanol–water partition coefficient (Wildman–Crippen LogP) is 2.63. The summed E-state index contributed by atoms with van der Waals surface area (Å²) in [7, 11) is 0. The van der Waals surface area contributed by atoms with Gasteiger partial charge in [-0.3, -0.25) is 4.79 Å². The fourth-order valence-electron chi connectivity index (χ4n) is 1.33. The third-order valence-corrected chi connectivity index (χ3v) is 2.76. The van der Waals surface area contributed by atoms with Crippen molar-refractivity contribution in [3.8, 4) is 0 Å². The van der Waals surface area contributed by atoms with Gasteiger partial charge in [-0.05, 0) is 6.07 Å². The normalized spacial score (nSPS) is 12.9. The van der Waals surface area contributed by atoms with Gasteiger partial charge in [0, 0.05) is 16.0 Å². The highest BCUT2D eigenvalue weighted by molar-refractivity contribution is 6.31. The summed E-state index contributed by atoms with van der Waals surface area (Å²) in [5, 5.41) is 12.0. The van der Waals surface area contributed by atoms with Crippen LogP contribution >= 0.6 is 11.6 Å². The van der Waals surface area contributed by atoms with Gasteiger partial charge < -0.3 is 10.4 Å². The molecule has 0 spiro atoms. The maximum absolute atomic E-state index is 11.8. The monoisotopic (exact) mass is 269 g/mol. The van der Waals surface area contributed by atoms with Crippen molar-refractivity contribution in [1.82, 2.24) is 5.32 Å². The van der Waals surface area contributed by atoms with E-state index in [2.05, 4.69) is 5.32 Å². The molecule has 0 radical (unpaired) electrons. The molecule has 0 aliphatic rings. The molecule has 0 saturated carbocycles. The van der Waals surface area contributed by atoms with E-state index in [0.29, 0.717) is 10.6 Å². The number of carbonyl (C=O) groups is 2. The minimum atomic E-state index is -1.14. The van der Waals surface area contributed by atoms with Gasteiger partial charge in [0.15, 0.2) is 6.04 Å². The molecule has 0 saturated heterocycles. The van der Waals surface area contributed by atoms with Crippen molar-refractivity contribution in [2.75, 3.05) is 0 Å². The molecule has 0 aliphatic carbocycles. The van der Waals surface area contributed by atoms with Gasteiger partial charge in [0.2, 0.25) is 5.91 Å². The topological polar surface area (TPSA) is 66.4 Å². The molecule has 0 aliphatic heterocycles.